The number of rotatable bonds is 3. The molecule has 2 amide bonds. The number of urea groups is 1. The number of carbonyl (C=O) groups excluding carboxylic acids is 1. The Labute approximate surface area is 180 Å². The number of morpholine rings is 1. The zero-order chi connectivity index (χ0) is 22.2. The molecule has 4 rings (SSSR count). The fourth-order valence-electron chi connectivity index (χ4n) is 4.38. The standard InChI is InChI=1S/C22H27F2N5O2/c1-15-11-31-19-6-4-5-16(23)7-8-18(19)29(15)21(30)27(3)12-22(2)13-28(14-22)20-25-9-17(24)10-26-20/h4,6-10,15,19H,5,11-14H2,1-3H3/b6-4?,16-7+,18-8+. The van der Waals surface area contributed by atoms with E-state index >= 15 is 0 Å². The van der Waals surface area contributed by atoms with Crippen molar-refractivity contribution >= 4 is 12.0 Å². The molecule has 2 atom stereocenters. The highest BCUT2D eigenvalue weighted by Gasteiger charge is 2.43. The molecule has 0 N–H and O–H groups in total. The van der Waals surface area contributed by atoms with Gasteiger partial charge >= 0.3 is 6.03 Å². The molecule has 2 saturated heterocycles. The van der Waals surface area contributed by atoms with E-state index in [1.165, 1.54) is 6.08 Å². The fourth-order valence-corrected chi connectivity index (χ4v) is 4.38. The van der Waals surface area contributed by atoms with Gasteiger partial charge in [0.15, 0.2) is 5.82 Å². The van der Waals surface area contributed by atoms with Gasteiger partial charge in [0.2, 0.25) is 5.95 Å². The van der Waals surface area contributed by atoms with Crippen molar-refractivity contribution in [2.45, 2.75) is 32.4 Å². The van der Waals surface area contributed by atoms with Crippen LogP contribution in [-0.4, -0.2) is 71.2 Å². The highest BCUT2D eigenvalue weighted by atomic mass is 19.1. The molecule has 7 nitrogen and oxygen atoms in total. The summed E-state index contributed by atoms with van der Waals surface area (Å²) < 4.78 is 32.7. The highest BCUT2D eigenvalue weighted by Crippen LogP contribution is 2.34. The number of hydrogen-bond donors (Lipinski definition) is 0. The van der Waals surface area contributed by atoms with Crippen molar-refractivity contribution in [1.29, 1.82) is 0 Å². The van der Waals surface area contributed by atoms with Crippen molar-refractivity contribution in [3.63, 3.8) is 0 Å². The van der Waals surface area contributed by atoms with E-state index in [1.807, 2.05) is 11.8 Å². The van der Waals surface area contributed by atoms with Crippen LogP contribution in [0.2, 0.25) is 0 Å². The number of carbonyl (C=O) groups is 1. The molecule has 1 aromatic heterocycles. The van der Waals surface area contributed by atoms with Gasteiger partial charge in [-0.2, -0.15) is 0 Å². The van der Waals surface area contributed by atoms with Crippen molar-refractivity contribution in [3.05, 3.63) is 54.0 Å². The summed E-state index contributed by atoms with van der Waals surface area (Å²) in [5, 5.41) is 0. The molecule has 9 heteroatoms. The van der Waals surface area contributed by atoms with Gasteiger partial charge in [-0.05, 0) is 19.1 Å². The molecule has 3 heterocycles. The van der Waals surface area contributed by atoms with E-state index in [1.54, 1.807) is 35.1 Å². The first-order valence-electron chi connectivity index (χ1n) is 10.4. The quantitative estimate of drug-likeness (QED) is 0.688. The Morgan fingerprint density at radius 1 is 1.29 bits per heavy atom. The molecular weight excluding hydrogens is 404 g/mol. The van der Waals surface area contributed by atoms with Crippen molar-refractivity contribution < 1.29 is 18.3 Å². The summed E-state index contributed by atoms with van der Waals surface area (Å²) in [5.41, 5.74) is 0.500. The van der Waals surface area contributed by atoms with Crippen LogP contribution in [-0.2, 0) is 4.74 Å². The van der Waals surface area contributed by atoms with Crippen LogP contribution < -0.4 is 4.90 Å². The lowest BCUT2D eigenvalue weighted by Crippen LogP contribution is -2.61. The van der Waals surface area contributed by atoms with E-state index < -0.39 is 5.82 Å². The molecule has 0 radical (unpaired) electrons. The average molecular weight is 431 g/mol. The van der Waals surface area contributed by atoms with Gasteiger partial charge in [-0.3, -0.25) is 4.90 Å². The van der Waals surface area contributed by atoms with Crippen molar-refractivity contribution in [2.75, 3.05) is 38.2 Å². The zero-order valence-electron chi connectivity index (χ0n) is 18.0. The topological polar surface area (TPSA) is 61.8 Å². The van der Waals surface area contributed by atoms with Crippen molar-refractivity contribution in [3.8, 4) is 0 Å². The molecule has 3 aliphatic rings. The normalized spacial score (nSPS) is 28.3. The summed E-state index contributed by atoms with van der Waals surface area (Å²) in [5.74, 6) is -0.243. The van der Waals surface area contributed by atoms with Crippen LogP contribution in [0.5, 0.6) is 0 Å². The minimum absolute atomic E-state index is 0.141. The van der Waals surface area contributed by atoms with Gasteiger partial charge in [0, 0.05) is 38.5 Å². The van der Waals surface area contributed by atoms with Crippen LogP contribution >= 0.6 is 0 Å². The van der Waals surface area contributed by atoms with E-state index in [-0.39, 0.29) is 35.8 Å². The lowest BCUT2D eigenvalue weighted by atomic mass is 9.81. The average Bonchev–Trinajstić information content (AvgIpc) is 2.70. The lowest BCUT2D eigenvalue weighted by Gasteiger charge is -2.50. The second kappa shape index (κ2) is 8.37. The van der Waals surface area contributed by atoms with Crippen LogP contribution in [0.3, 0.4) is 0 Å². The molecule has 2 fully saturated rings. The summed E-state index contributed by atoms with van der Waals surface area (Å²) in [7, 11) is 1.78. The Balaban J connectivity index is 1.44. The second-order valence-corrected chi connectivity index (χ2v) is 8.82. The number of amides is 2. The predicted molar refractivity (Wildman–Crippen MR) is 112 cm³/mol. The minimum atomic E-state index is -0.469. The van der Waals surface area contributed by atoms with Gasteiger partial charge in [-0.25, -0.2) is 23.5 Å². The maximum Gasteiger partial charge on any atom is 0.324 e. The Morgan fingerprint density at radius 2 is 2.00 bits per heavy atom. The van der Waals surface area contributed by atoms with Gasteiger partial charge < -0.3 is 14.5 Å². The molecule has 2 aliphatic heterocycles. The monoisotopic (exact) mass is 431 g/mol. The third-order valence-electron chi connectivity index (χ3n) is 5.77. The third-order valence-corrected chi connectivity index (χ3v) is 5.77. The number of allylic oxidation sites excluding steroid dienone is 4. The molecular formula is C22H27F2N5O2. The third kappa shape index (κ3) is 4.46. The fraction of sp³-hybridized carbons (Fsp3) is 0.500. The number of fused-ring (bicyclic) bond motifs is 1. The Bertz CT molecular complexity index is 924. The van der Waals surface area contributed by atoms with Gasteiger partial charge in [0.05, 0.1) is 30.7 Å². The van der Waals surface area contributed by atoms with Crippen LogP contribution in [0.15, 0.2) is 48.2 Å². The molecule has 0 saturated carbocycles. The van der Waals surface area contributed by atoms with E-state index in [4.69, 9.17) is 4.74 Å². The Hall–Kier alpha value is -2.81. The molecule has 31 heavy (non-hydrogen) atoms. The van der Waals surface area contributed by atoms with Gasteiger partial charge in [0.1, 0.15) is 11.9 Å². The molecule has 2 unspecified atom stereocenters. The van der Waals surface area contributed by atoms with E-state index in [2.05, 4.69) is 16.9 Å². The van der Waals surface area contributed by atoms with Gasteiger partial charge in [-0.1, -0.05) is 19.1 Å². The molecule has 0 spiro atoms. The van der Waals surface area contributed by atoms with E-state index in [9.17, 15) is 13.6 Å². The van der Waals surface area contributed by atoms with Crippen LogP contribution in [0.4, 0.5) is 19.5 Å². The number of anilines is 1. The van der Waals surface area contributed by atoms with Crippen molar-refractivity contribution in [1.82, 2.24) is 19.8 Å². The van der Waals surface area contributed by atoms with E-state index in [0.717, 1.165) is 12.4 Å². The van der Waals surface area contributed by atoms with Crippen LogP contribution in [0, 0.1) is 11.2 Å². The van der Waals surface area contributed by atoms with Gasteiger partial charge in [-0.15, -0.1) is 0 Å². The summed E-state index contributed by atoms with van der Waals surface area (Å²) in [4.78, 5) is 26.8. The highest BCUT2D eigenvalue weighted by molar-refractivity contribution is 5.77. The van der Waals surface area contributed by atoms with Crippen LogP contribution in [0.25, 0.3) is 0 Å². The lowest BCUT2D eigenvalue weighted by molar-refractivity contribution is 0.00638. The van der Waals surface area contributed by atoms with E-state index in [0.29, 0.717) is 37.9 Å². The summed E-state index contributed by atoms with van der Waals surface area (Å²) >= 11 is 0. The number of hydrogen-bond acceptors (Lipinski definition) is 5. The largest absolute Gasteiger partial charge is 0.366 e. The van der Waals surface area contributed by atoms with Crippen LogP contribution in [0.1, 0.15) is 20.3 Å². The first kappa shape index (κ1) is 21.4. The Kier molecular flexibility index (Phi) is 5.79. The first-order valence-corrected chi connectivity index (χ1v) is 10.4. The number of ether oxygens (including phenoxy) is 1. The second-order valence-electron chi connectivity index (χ2n) is 8.82. The first-order chi connectivity index (χ1) is 14.8. The molecule has 0 aromatic carbocycles. The molecule has 0 bridgehead atoms. The number of aromatic nitrogens is 2. The smallest absolute Gasteiger partial charge is 0.324 e. The molecule has 166 valence electrons. The van der Waals surface area contributed by atoms with Crippen molar-refractivity contribution in [2.24, 2.45) is 5.41 Å². The summed E-state index contributed by atoms with van der Waals surface area (Å²) in [6, 6.07) is -0.312. The number of nitrogens with zero attached hydrogens (tertiary/aromatic N) is 5. The summed E-state index contributed by atoms with van der Waals surface area (Å²) in [6.07, 6.45) is 8.73. The predicted octanol–water partition coefficient (Wildman–Crippen LogP) is 3.28. The number of halogens is 2. The SMILES string of the molecule is CC1COC2C=CC/C(F)=C\C=C/2N1C(=O)N(C)CC1(C)CN(c2ncc(F)cn2)C1. The Morgan fingerprint density at radius 3 is 2.71 bits per heavy atom. The molecule has 1 aliphatic carbocycles. The molecule has 1 aromatic rings. The maximum absolute atomic E-state index is 13.8. The summed E-state index contributed by atoms with van der Waals surface area (Å²) in [6.45, 7) is 6.28. The zero-order valence-corrected chi connectivity index (χ0v) is 18.0. The maximum atomic E-state index is 13.8. The minimum Gasteiger partial charge on any atom is -0.366 e. The van der Waals surface area contributed by atoms with Gasteiger partial charge in [0.25, 0.3) is 0 Å².